The van der Waals surface area contributed by atoms with E-state index in [1.807, 2.05) is 25.1 Å². The molecule has 0 radical (unpaired) electrons. The largest absolute Gasteiger partial charge is 0.508 e. The molecule has 0 saturated carbocycles. The lowest BCUT2D eigenvalue weighted by Gasteiger charge is -2.32. The van der Waals surface area contributed by atoms with Crippen LogP contribution in [0.2, 0.25) is 0 Å². The number of fused-ring (bicyclic) bond motifs is 2. The number of aromatic hydroxyl groups is 1. The Morgan fingerprint density at radius 1 is 1.09 bits per heavy atom. The van der Waals surface area contributed by atoms with Crippen molar-refractivity contribution in [3.05, 3.63) is 58.5 Å². The molecule has 0 spiro atoms. The van der Waals surface area contributed by atoms with Gasteiger partial charge in [0.05, 0.1) is 12.7 Å². The first kappa shape index (κ1) is 22.5. The smallest absolute Gasteiger partial charge is 0.232 e. The minimum Gasteiger partial charge on any atom is -0.508 e. The van der Waals surface area contributed by atoms with Gasteiger partial charge in [0.2, 0.25) is 5.78 Å². The van der Waals surface area contributed by atoms with Crippen LogP contribution in [0.1, 0.15) is 27.2 Å². The van der Waals surface area contributed by atoms with Crippen molar-refractivity contribution in [3.8, 4) is 17.2 Å². The van der Waals surface area contributed by atoms with Gasteiger partial charge in [-0.2, -0.15) is 0 Å². The predicted octanol–water partition coefficient (Wildman–Crippen LogP) is 3.84. The second kappa shape index (κ2) is 8.81. The van der Waals surface area contributed by atoms with Gasteiger partial charge in [-0.1, -0.05) is 0 Å². The van der Waals surface area contributed by atoms with Gasteiger partial charge in [0.1, 0.15) is 17.2 Å². The van der Waals surface area contributed by atoms with Gasteiger partial charge in [0.15, 0.2) is 5.76 Å². The third-order valence-electron chi connectivity index (χ3n) is 7.05. The average molecular weight is 462 g/mol. The van der Waals surface area contributed by atoms with E-state index in [-0.39, 0.29) is 17.3 Å². The molecule has 1 aromatic heterocycles. The maximum absolute atomic E-state index is 13.2. The van der Waals surface area contributed by atoms with E-state index < -0.39 is 0 Å². The number of carbonyl (C=O) groups is 1. The maximum Gasteiger partial charge on any atom is 0.232 e. The summed E-state index contributed by atoms with van der Waals surface area (Å²) in [4.78, 5) is 18.0. The van der Waals surface area contributed by atoms with Crippen molar-refractivity contribution in [2.75, 3.05) is 46.9 Å². The third-order valence-corrected chi connectivity index (χ3v) is 7.05. The van der Waals surface area contributed by atoms with Crippen LogP contribution in [0.25, 0.3) is 17.0 Å². The molecular formula is C27H31N3O4. The van der Waals surface area contributed by atoms with E-state index in [2.05, 4.69) is 34.4 Å². The molecule has 1 N–H and O–H groups in total. The standard InChI is InChI=1S/C27H31N3O4/c1-17-13-19(31)14-24-26(17)27(32)25(34-24)16-21-18(2)30(12-11-29-9-7-28(3)8-10-29)23-6-5-20(33-4)15-22(21)23/h5-6,13-16,31H,7-12H2,1-4H3. The lowest BCUT2D eigenvalue weighted by atomic mass is 10.0. The van der Waals surface area contributed by atoms with Crippen molar-refractivity contribution in [1.29, 1.82) is 0 Å². The second-order valence-corrected chi connectivity index (χ2v) is 9.25. The van der Waals surface area contributed by atoms with Gasteiger partial charge in [-0.05, 0) is 56.8 Å². The number of ether oxygens (including phenoxy) is 2. The highest BCUT2D eigenvalue weighted by Crippen LogP contribution is 2.38. The number of hydrogen-bond acceptors (Lipinski definition) is 6. The molecule has 1 saturated heterocycles. The number of aromatic nitrogens is 1. The van der Waals surface area contributed by atoms with Gasteiger partial charge in [0.25, 0.3) is 0 Å². The van der Waals surface area contributed by atoms with Gasteiger partial charge >= 0.3 is 0 Å². The van der Waals surface area contributed by atoms with Crippen LogP contribution in [0.4, 0.5) is 0 Å². The Morgan fingerprint density at radius 3 is 2.59 bits per heavy atom. The van der Waals surface area contributed by atoms with Crippen LogP contribution in [0.15, 0.2) is 36.1 Å². The summed E-state index contributed by atoms with van der Waals surface area (Å²) in [5, 5.41) is 11.0. The minimum atomic E-state index is -0.159. The summed E-state index contributed by atoms with van der Waals surface area (Å²) in [5.74, 6) is 1.38. The van der Waals surface area contributed by atoms with E-state index in [0.717, 1.165) is 67.2 Å². The summed E-state index contributed by atoms with van der Waals surface area (Å²) in [6.45, 7) is 10.1. The maximum atomic E-state index is 13.2. The number of aryl methyl sites for hydroxylation is 1. The van der Waals surface area contributed by atoms with E-state index in [0.29, 0.717) is 16.9 Å². The highest BCUT2D eigenvalue weighted by Gasteiger charge is 2.30. The summed E-state index contributed by atoms with van der Waals surface area (Å²) in [5.41, 5.74) is 4.35. The van der Waals surface area contributed by atoms with E-state index in [9.17, 15) is 9.90 Å². The van der Waals surface area contributed by atoms with Crippen molar-refractivity contribution in [1.82, 2.24) is 14.4 Å². The SMILES string of the molecule is COc1ccc2c(c1)c(C=C1Oc3cc(O)cc(C)c3C1=O)c(C)n2CCN1CCN(C)CC1. The molecule has 0 bridgehead atoms. The molecule has 34 heavy (non-hydrogen) atoms. The number of allylic oxidation sites excluding steroid dienone is 1. The molecule has 7 heteroatoms. The molecule has 3 aromatic rings. The molecule has 0 amide bonds. The summed E-state index contributed by atoms with van der Waals surface area (Å²) in [6, 6.07) is 9.16. The van der Waals surface area contributed by atoms with Crippen LogP contribution < -0.4 is 9.47 Å². The Bertz CT molecular complexity index is 1300. The number of phenolic OH excluding ortho intramolecular Hbond substituents is 1. The summed E-state index contributed by atoms with van der Waals surface area (Å²) in [7, 11) is 3.83. The van der Waals surface area contributed by atoms with Crippen molar-refractivity contribution in [2.24, 2.45) is 0 Å². The van der Waals surface area contributed by atoms with E-state index in [4.69, 9.17) is 9.47 Å². The molecule has 2 aliphatic heterocycles. The molecule has 2 aliphatic rings. The van der Waals surface area contributed by atoms with Gasteiger partial charge in [-0.3, -0.25) is 9.69 Å². The fraction of sp³-hybridized carbons (Fsp3) is 0.370. The van der Waals surface area contributed by atoms with E-state index in [1.165, 1.54) is 6.07 Å². The number of benzene rings is 2. The zero-order chi connectivity index (χ0) is 24.0. The molecule has 1 fully saturated rings. The third kappa shape index (κ3) is 3.95. The average Bonchev–Trinajstić information content (AvgIpc) is 3.26. The molecule has 3 heterocycles. The number of likely N-dealkylation sites (N-methyl/N-ethyl adjacent to an activating group) is 1. The lowest BCUT2D eigenvalue weighted by molar-refractivity contribution is 0.101. The topological polar surface area (TPSA) is 67.2 Å². The molecular weight excluding hydrogens is 430 g/mol. The van der Waals surface area contributed by atoms with Gasteiger partial charge in [-0.25, -0.2) is 0 Å². The molecule has 0 aliphatic carbocycles. The van der Waals surface area contributed by atoms with Crippen LogP contribution in [-0.4, -0.2) is 72.1 Å². The number of piperazine rings is 1. The Kier molecular flexibility index (Phi) is 5.83. The Labute approximate surface area is 199 Å². The van der Waals surface area contributed by atoms with E-state index >= 15 is 0 Å². The van der Waals surface area contributed by atoms with Crippen LogP contribution in [0.5, 0.6) is 17.2 Å². The number of phenols is 1. The van der Waals surface area contributed by atoms with Crippen LogP contribution in [0, 0.1) is 13.8 Å². The Morgan fingerprint density at radius 2 is 1.85 bits per heavy atom. The van der Waals surface area contributed by atoms with Crippen LogP contribution in [-0.2, 0) is 6.54 Å². The van der Waals surface area contributed by atoms with Crippen LogP contribution >= 0.6 is 0 Å². The number of ketones is 1. The Hall–Kier alpha value is -3.29. The van der Waals surface area contributed by atoms with Gasteiger partial charge in [-0.15, -0.1) is 0 Å². The first-order chi connectivity index (χ1) is 16.4. The molecule has 2 aromatic carbocycles. The van der Waals surface area contributed by atoms with Crippen molar-refractivity contribution in [3.63, 3.8) is 0 Å². The minimum absolute atomic E-state index is 0.0896. The number of hydrogen-bond donors (Lipinski definition) is 1. The predicted molar refractivity (Wildman–Crippen MR) is 133 cm³/mol. The number of nitrogens with zero attached hydrogens (tertiary/aromatic N) is 3. The Balaban J connectivity index is 1.52. The fourth-order valence-corrected chi connectivity index (χ4v) is 5.02. The first-order valence-corrected chi connectivity index (χ1v) is 11.7. The summed E-state index contributed by atoms with van der Waals surface area (Å²) in [6.07, 6.45) is 1.84. The fourth-order valence-electron chi connectivity index (χ4n) is 5.02. The van der Waals surface area contributed by atoms with Crippen molar-refractivity contribution in [2.45, 2.75) is 20.4 Å². The van der Waals surface area contributed by atoms with Gasteiger partial charge < -0.3 is 24.0 Å². The highest BCUT2D eigenvalue weighted by molar-refractivity contribution is 6.16. The summed E-state index contributed by atoms with van der Waals surface area (Å²) >= 11 is 0. The van der Waals surface area contributed by atoms with Crippen molar-refractivity contribution < 1.29 is 19.4 Å². The number of carbonyl (C=O) groups excluding carboxylic acids is 1. The first-order valence-electron chi connectivity index (χ1n) is 11.7. The molecule has 0 atom stereocenters. The normalized spacial score (nSPS) is 18.0. The number of Topliss-reactive ketones (excluding diaryl/α,β-unsaturated/α-hetero) is 1. The lowest BCUT2D eigenvalue weighted by Crippen LogP contribution is -2.45. The van der Waals surface area contributed by atoms with Gasteiger partial charge in [0, 0.05) is 67.5 Å². The molecule has 5 rings (SSSR count). The molecule has 7 nitrogen and oxygen atoms in total. The quantitative estimate of drug-likeness (QED) is 0.583. The molecule has 178 valence electrons. The number of rotatable bonds is 5. The monoisotopic (exact) mass is 461 g/mol. The molecule has 0 unspecified atom stereocenters. The summed E-state index contributed by atoms with van der Waals surface area (Å²) < 4.78 is 13.7. The zero-order valence-corrected chi connectivity index (χ0v) is 20.2. The van der Waals surface area contributed by atoms with Crippen LogP contribution in [0.3, 0.4) is 0 Å². The number of methoxy groups -OCH3 is 1. The zero-order valence-electron chi connectivity index (χ0n) is 20.2. The highest BCUT2D eigenvalue weighted by atomic mass is 16.5. The van der Waals surface area contributed by atoms with E-state index in [1.54, 1.807) is 13.2 Å². The van der Waals surface area contributed by atoms with Crippen molar-refractivity contribution >= 4 is 22.8 Å². The second-order valence-electron chi connectivity index (χ2n) is 9.25.